The van der Waals surface area contributed by atoms with E-state index in [9.17, 15) is 9.59 Å². The van der Waals surface area contributed by atoms with E-state index in [4.69, 9.17) is 5.11 Å². The van der Waals surface area contributed by atoms with Crippen LogP contribution < -0.4 is 5.32 Å². The molecule has 0 aromatic carbocycles. The summed E-state index contributed by atoms with van der Waals surface area (Å²) in [5.74, 6) is -2.67. The van der Waals surface area contributed by atoms with Crippen molar-refractivity contribution in [1.82, 2.24) is 10.2 Å². The first-order valence-corrected chi connectivity index (χ1v) is 6.13. The van der Waals surface area contributed by atoms with Crippen LogP contribution in [0.2, 0.25) is 0 Å². The number of carbonyl (C=O) groups excluding carboxylic acids is 1. The molecular weight excluding hydrogens is 242 g/mol. The van der Waals surface area contributed by atoms with Crippen LogP contribution in [-0.4, -0.2) is 27.2 Å². The lowest BCUT2D eigenvalue weighted by Crippen LogP contribution is -2.29. The van der Waals surface area contributed by atoms with Crippen LogP contribution in [0.15, 0.2) is 0 Å². The standard InChI is InChI=1S/C10H15N3O3S/c1-4-7-12-13-10(17-7)11-8(14)5(2)6(3)9(15)16/h5-6H,4H2,1-3H3,(H,15,16)(H,11,13,14). The number of carboxylic acids is 1. The van der Waals surface area contributed by atoms with Crippen molar-refractivity contribution in [3.05, 3.63) is 5.01 Å². The molecular formula is C10H15N3O3S. The van der Waals surface area contributed by atoms with Gasteiger partial charge in [0.25, 0.3) is 0 Å². The van der Waals surface area contributed by atoms with Crippen LogP contribution in [0.25, 0.3) is 0 Å². The summed E-state index contributed by atoms with van der Waals surface area (Å²) in [7, 11) is 0. The van der Waals surface area contributed by atoms with E-state index in [1.54, 1.807) is 6.92 Å². The van der Waals surface area contributed by atoms with Crippen molar-refractivity contribution >= 4 is 28.3 Å². The van der Waals surface area contributed by atoms with Gasteiger partial charge in [0, 0.05) is 5.92 Å². The summed E-state index contributed by atoms with van der Waals surface area (Å²) in [5.41, 5.74) is 0. The monoisotopic (exact) mass is 257 g/mol. The van der Waals surface area contributed by atoms with Gasteiger partial charge in [0.1, 0.15) is 5.01 Å². The van der Waals surface area contributed by atoms with Gasteiger partial charge >= 0.3 is 5.97 Å². The van der Waals surface area contributed by atoms with Gasteiger partial charge in [-0.25, -0.2) is 0 Å². The molecule has 2 N–H and O–H groups in total. The van der Waals surface area contributed by atoms with E-state index >= 15 is 0 Å². The fraction of sp³-hybridized carbons (Fsp3) is 0.600. The lowest BCUT2D eigenvalue weighted by atomic mass is 9.95. The van der Waals surface area contributed by atoms with Crippen LogP contribution in [0.4, 0.5) is 5.13 Å². The number of rotatable bonds is 5. The number of hydrogen-bond acceptors (Lipinski definition) is 5. The summed E-state index contributed by atoms with van der Waals surface area (Å²) in [5, 5.41) is 20.3. The van der Waals surface area contributed by atoms with E-state index in [1.165, 1.54) is 18.3 Å². The molecule has 1 aromatic heterocycles. The molecule has 7 heteroatoms. The second-order valence-corrected chi connectivity index (χ2v) is 4.82. The normalized spacial score (nSPS) is 14.1. The van der Waals surface area contributed by atoms with Crippen LogP contribution in [0, 0.1) is 11.8 Å². The molecule has 1 rings (SSSR count). The highest BCUT2D eigenvalue weighted by Crippen LogP contribution is 2.18. The molecule has 1 heterocycles. The SMILES string of the molecule is CCc1nnc(NC(=O)C(C)C(C)C(=O)O)s1. The Morgan fingerprint density at radius 3 is 2.47 bits per heavy atom. The van der Waals surface area contributed by atoms with Gasteiger partial charge < -0.3 is 10.4 Å². The van der Waals surface area contributed by atoms with Gasteiger partial charge in [0.2, 0.25) is 11.0 Å². The van der Waals surface area contributed by atoms with Crippen molar-refractivity contribution < 1.29 is 14.7 Å². The maximum absolute atomic E-state index is 11.7. The third-order valence-corrected chi connectivity index (χ3v) is 3.54. The Morgan fingerprint density at radius 1 is 1.35 bits per heavy atom. The van der Waals surface area contributed by atoms with Crippen molar-refractivity contribution in [2.45, 2.75) is 27.2 Å². The lowest BCUT2D eigenvalue weighted by Gasteiger charge is -2.14. The third kappa shape index (κ3) is 3.48. The molecule has 0 aliphatic carbocycles. The highest BCUT2D eigenvalue weighted by Gasteiger charge is 2.26. The van der Waals surface area contributed by atoms with Gasteiger partial charge in [-0.2, -0.15) is 0 Å². The minimum atomic E-state index is -0.987. The number of carboxylic acid groups (broad SMARTS) is 1. The van der Waals surface area contributed by atoms with Crippen molar-refractivity contribution in [2.24, 2.45) is 11.8 Å². The second-order valence-electron chi connectivity index (χ2n) is 3.76. The second kappa shape index (κ2) is 5.72. The number of amides is 1. The van der Waals surface area contributed by atoms with E-state index in [1.807, 2.05) is 6.92 Å². The summed E-state index contributed by atoms with van der Waals surface area (Å²) in [4.78, 5) is 22.5. The van der Waals surface area contributed by atoms with Gasteiger partial charge in [-0.05, 0) is 6.42 Å². The predicted octanol–water partition coefficient (Wildman–Crippen LogP) is 1.40. The maximum atomic E-state index is 11.7. The fourth-order valence-electron chi connectivity index (χ4n) is 1.11. The lowest BCUT2D eigenvalue weighted by molar-refractivity contribution is -0.145. The Bertz CT molecular complexity index is 419. The van der Waals surface area contributed by atoms with E-state index < -0.39 is 17.8 Å². The van der Waals surface area contributed by atoms with E-state index in [0.29, 0.717) is 5.13 Å². The van der Waals surface area contributed by atoms with E-state index in [-0.39, 0.29) is 5.91 Å². The Morgan fingerprint density at radius 2 is 2.00 bits per heavy atom. The molecule has 1 aromatic rings. The number of hydrogen-bond donors (Lipinski definition) is 2. The van der Waals surface area contributed by atoms with Crippen LogP contribution >= 0.6 is 11.3 Å². The average molecular weight is 257 g/mol. The van der Waals surface area contributed by atoms with E-state index in [2.05, 4.69) is 15.5 Å². The molecule has 94 valence electrons. The third-order valence-electron chi connectivity index (χ3n) is 2.55. The summed E-state index contributed by atoms with van der Waals surface area (Å²) in [6, 6.07) is 0. The zero-order chi connectivity index (χ0) is 13.0. The first kappa shape index (κ1) is 13.6. The number of aromatic nitrogens is 2. The topological polar surface area (TPSA) is 92.2 Å². The quantitative estimate of drug-likeness (QED) is 0.831. The number of carbonyl (C=O) groups is 2. The van der Waals surface area contributed by atoms with Crippen LogP contribution in [0.5, 0.6) is 0 Å². The Balaban J connectivity index is 2.62. The van der Waals surface area contributed by atoms with E-state index in [0.717, 1.165) is 11.4 Å². The molecule has 0 saturated heterocycles. The highest BCUT2D eigenvalue weighted by atomic mass is 32.1. The molecule has 2 unspecified atom stereocenters. The molecule has 0 bridgehead atoms. The van der Waals surface area contributed by atoms with Crippen LogP contribution in [0.1, 0.15) is 25.8 Å². The van der Waals surface area contributed by atoms with Gasteiger partial charge in [0.05, 0.1) is 5.92 Å². The predicted molar refractivity (Wildman–Crippen MR) is 63.9 cm³/mol. The molecule has 0 fully saturated rings. The molecule has 0 radical (unpaired) electrons. The summed E-state index contributed by atoms with van der Waals surface area (Å²) in [6.45, 7) is 5.03. The first-order valence-electron chi connectivity index (χ1n) is 5.31. The number of aliphatic carboxylic acids is 1. The number of nitrogens with zero attached hydrogens (tertiary/aromatic N) is 2. The van der Waals surface area contributed by atoms with Crippen molar-refractivity contribution in [3.63, 3.8) is 0 Å². The maximum Gasteiger partial charge on any atom is 0.307 e. The van der Waals surface area contributed by atoms with Crippen LogP contribution in [0.3, 0.4) is 0 Å². The van der Waals surface area contributed by atoms with Crippen molar-refractivity contribution in [2.75, 3.05) is 5.32 Å². The Hall–Kier alpha value is -1.50. The molecule has 0 aliphatic rings. The van der Waals surface area contributed by atoms with Crippen LogP contribution in [-0.2, 0) is 16.0 Å². The van der Waals surface area contributed by atoms with Gasteiger partial charge in [-0.15, -0.1) is 10.2 Å². The zero-order valence-corrected chi connectivity index (χ0v) is 10.7. The Kier molecular flexibility index (Phi) is 4.56. The first-order chi connectivity index (χ1) is 7.95. The summed E-state index contributed by atoms with van der Waals surface area (Å²) in [6.07, 6.45) is 0.759. The van der Waals surface area contributed by atoms with Crippen molar-refractivity contribution in [1.29, 1.82) is 0 Å². The average Bonchev–Trinajstić information content (AvgIpc) is 2.74. The minimum Gasteiger partial charge on any atom is -0.481 e. The molecule has 17 heavy (non-hydrogen) atoms. The summed E-state index contributed by atoms with van der Waals surface area (Å²) >= 11 is 1.30. The molecule has 0 aliphatic heterocycles. The number of anilines is 1. The fourth-order valence-corrected chi connectivity index (χ4v) is 1.79. The number of aryl methyl sites for hydroxylation is 1. The molecule has 0 spiro atoms. The number of nitrogens with one attached hydrogen (secondary N) is 1. The zero-order valence-electron chi connectivity index (χ0n) is 9.93. The van der Waals surface area contributed by atoms with Gasteiger partial charge in [-0.3, -0.25) is 9.59 Å². The smallest absolute Gasteiger partial charge is 0.307 e. The van der Waals surface area contributed by atoms with Gasteiger partial charge in [-0.1, -0.05) is 32.1 Å². The molecule has 6 nitrogen and oxygen atoms in total. The molecule has 1 amide bonds. The highest BCUT2D eigenvalue weighted by molar-refractivity contribution is 7.15. The molecule has 0 saturated carbocycles. The summed E-state index contributed by atoms with van der Waals surface area (Å²) < 4.78 is 0. The molecule has 2 atom stereocenters. The minimum absolute atomic E-state index is 0.348. The van der Waals surface area contributed by atoms with Gasteiger partial charge in [0.15, 0.2) is 0 Å². The Labute approximate surface area is 103 Å². The largest absolute Gasteiger partial charge is 0.481 e. The van der Waals surface area contributed by atoms with Crippen molar-refractivity contribution in [3.8, 4) is 0 Å².